The van der Waals surface area contributed by atoms with Crippen LogP contribution >= 0.6 is 22.7 Å². The maximum Gasteiger partial charge on any atom is 0.162 e. The largest absolute Gasteiger partial charge is 0.294 e. The Labute approximate surface area is 301 Å². The third-order valence-electron chi connectivity index (χ3n) is 10.0. The van der Waals surface area contributed by atoms with Gasteiger partial charge in [0.25, 0.3) is 0 Å². The number of fused-ring (bicyclic) bond motifs is 9. The maximum absolute atomic E-state index is 5.39. The highest BCUT2D eigenvalue weighted by Gasteiger charge is 2.20. The molecule has 0 amide bonds. The van der Waals surface area contributed by atoms with Crippen molar-refractivity contribution in [1.82, 2.24) is 14.5 Å². The van der Waals surface area contributed by atoms with E-state index in [1.807, 2.05) is 22.7 Å². The molecule has 0 bridgehead atoms. The molecule has 0 saturated heterocycles. The molecule has 0 aliphatic heterocycles. The monoisotopic (exact) mass is 685 g/mol. The lowest BCUT2D eigenvalue weighted by Crippen LogP contribution is -2.02. The fraction of sp³-hybridized carbons (Fsp3) is 0. The SMILES string of the molecule is c1ccc(-c2ccc(-c3nc(-c4cccc5c4sc4ccccc45)cc(-n4c5ccccc5c5cc6sc7ccccc7c6cc54)n3)cc2)cc1. The quantitative estimate of drug-likeness (QED) is 0.185. The molecule has 0 unspecified atom stereocenters. The lowest BCUT2D eigenvalue weighted by molar-refractivity contribution is 1.05. The van der Waals surface area contributed by atoms with E-state index in [0.717, 1.165) is 33.7 Å². The number of para-hydroxylation sites is 1. The molecule has 0 radical (unpaired) electrons. The molecule has 0 atom stereocenters. The first-order valence-corrected chi connectivity index (χ1v) is 18.7. The fourth-order valence-corrected chi connectivity index (χ4v) is 9.99. The van der Waals surface area contributed by atoms with E-state index in [9.17, 15) is 0 Å². The van der Waals surface area contributed by atoms with Crippen LogP contribution in [0.3, 0.4) is 0 Å². The zero-order valence-corrected chi connectivity index (χ0v) is 28.9. The normalized spacial score (nSPS) is 11.9. The average molecular weight is 686 g/mol. The molecule has 0 N–H and O–H groups in total. The van der Waals surface area contributed by atoms with Crippen molar-refractivity contribution in [3.63, 3.8) is 0 Å². The van der Waals surface area contributed by atoms with Gasteiger partial charge in [-0.2, -0.15) is 0 Å². The van der Waals surface area contributed by atoms with Crippen molar-refractivity contribution < 1.29 is 0 Å². The zero-order chi connectivity index (χ0) is 33.5. The Balaban J connectivity index is 1.20. The van der Waals surface area contributed by atoms with Gasteiger partial charge >= 0.3 is 0 Å². The number of aromatic nitrogens is 3. The molecule has 11 rings (SSSR count). The first-order valence-electron chi connectivity index (χ1n) is 17.1. The zero-order valence-electron chi connectivity index (χ0n) is 27.2. The third-order valence-corrected chi connectivity index (χ3v) is 12.4. The number of benzene rings is 7. The second kappa shape index (κ2) is 11.2. The summed E-state index contributed by atoms with van der Waals surface area (Å²) in [4.78, 5) is 10.7. The van der Waals surface area contributed by atoms with Crippen LogP contribution in [0.15, 0.2) is 164 Å². The van der Waals surface area contributed by atoms with Crippen LogP contribution in [0.25, 0.3) is 102 Å². The molecule has 4 aromatic heterocycles. The third kappa shape index (κ3) is 4.49. The molecule has 0 spiro atoms. The maximum atomic E-state index is 5.39. The highest BCUT2D eigenvalue weighted by molar-refractivity contribution is 7.26. The van der Waals surface area contributed by atoms with Gasteiger partial charge in [-0.05, 0) is 41.5 Å². The summed E-state index contributed by atoms with van der Waals surface area (Å²) in [6.07, 6.45) is 0. The molecular formula is C46H27N3S2. The Kier molecular flexibility index (Phi) is 6.29. The lowest BCUT2D eigenvalue weighted by Gasteiger charge is -2.13. The number of hydrogen-bond donors (Lipinski definition) is 0. The molecule has 0 aliphatic carbocycles. The predicted molar refractivity (Wildman–Crippen MR) is 218 cm³/mol. The van der Waals surface area contributed by atoms with E-state index in [4.69, 9.17) is 9.97 Å². The molecule has 5 heteroatoms. The van der Waals surface area contributed by atoms with Crippen molar-refractivity contribution in [1.29, 1.82) is 0 Å². The van der Waals surface area contributed by atoms with Gasteiger partial charge < -0.3 is 0 Å². The van der Waals surface area contributed by atoms with E-state index < -0.39 is 0 Å². The van der Waals surface area contributed by atoms with Crippen molar-refractivity contribution >= 4 is 84.8 Å². The smallest absolute Gasteiger partial charge is 0.162 e. The number of hydrogen-bond acceptors (Lipinski definition) is 4. The number of thiophene rings is 2. The summed E-state index contributed by atoms with van der Waals surface area (Å²) in [6, 6.07) is 58.7. The summed E-state index contributed by atoms with van der Waals surface area (Å²) in [7, 11) is 0. The number of nitrogens with zero attached hydrogens (tertiary/aromatic N) is 3. The minimum atomic E-state index is 0.702. The van der Waals surface area contributed by atoms with Crippen LogP contribution in [-0.2, 0) is 0 Å². The van der Waals surface area contributed by atoms with Gasteiger partial charge in [0.2, 0.25) is 0 Å². The molecule has 4 heterocycles. The highest BCUT2D eigenvalue weighted by atomic mass is 32.1. The summed E-state index contributed by atoms with van der Waals surface area (Å²) in [5.41, 5.74) is 7.63. The van der Waals surface area contributed by atoms with Crippen molar-refractivity contribution in [3.05, 3.63) is 164 Å². The molecule has 3 nitrogen and oxygen atoms in total. The second-order valence-corrected chi connectivity index (χ2v) is 15.1. The molecular weight excluding hydrogens is 659 g/mol. The minimum Gasteiger partial charge on any atom is -0.294 e. The molecule has 51 heavy (non-hydrogen) atoms. The van der Waals surface area contributed by atoms with Gasteiger partial charge in [0.05, 0.1) is 16.7 Å². The lowest BCUT2D eigenvalue weighted by atomic mass is 10.0. The molecule has 11 aromatic rings. The first kappa shape index (κ1) is 28.7. The van der Waals surface area contributed by atoms with Gasteiger partial charge in [0, 0.05) is 68.3 Å². The van der Waals surface area contributed by atoms with Gasteiger partial charge in [0.1, 0.15) is 5.82 Å². The fourth-order valence-electron chi connectivity index (χ4n) is 7.64. The van der Waals surface area contributed by atoms with Crippen molar-refractivity contribution in [2.24, 2.45) is 0 Å². The summed E-state index contributed by atoms with van der Waals surface area (Å²) in [5.74, 6) is 1.55. The van der Waals surface area contributed by atoms with Crippen LogP contribution in [0.2, 0.25) is 0 Å². The Morgan fingerprint density at radius 3 is 1.86 bits per heavy atom. The van der Waals surface area contributed by atoms with Gasteiger partial charge in [-0.25, -0.2) is 9.97 Å². The summed E-state index contributed by atoms with van der Waals surface area (Å²) < 4.78 is 7.46. The van der Waals surface area contributed by atoms with Crippen LogP contribution in [0.5, 0.6) is 0 Å². The Morgan fingerprint density at radius 1 is 0.392 bits per heavy atom. The molecule has 7 aromatic carbocycles. The van der Waals surface area contributed by atoms with Crippen LogP contribution in [0, 0.1) is 0 Å². The van der Waals surface area contributed by atoms with Crippen LogP contribution in [0.4, 0.5) is 0 Å². The Bertz CT molecular complexity index is 3130. The van der Waals surface area contributed by atoms with Crippen LogP contribution in [0.1, 0.15) is 0 Å². The van der Waals surface area contributed by atoms with Crippen molar-refractivity contribution in [2.45, 2.75) is 0 Å². The summed E-state index contributed by atoms with van der Waals surface area (Å²) in [5, 5.41) is 7.53. The summed E-state index contributed by atoms with van der Waals surface area (Å²) in [6.45, 7) is 0. The molecule has 238 valence electrons. The van der Waals surface area contributed by atoms with Crippen LogP contribution in [-0.4, -0.2) is 14.5 Å². The minimum absolute atomic E-state index is 0.702. The topological polar surface area (TPSA) is 30.7 Å². The standard InChI is InChI=1S/C46H27N3S2/c1-2-11-28(12-3-1)29-21-23-30(24-22-29)46-47-38(35-17-10-16-34-32-14-5-9-20-42(32)51-45(34)35)27-44(48-46)49-39-18-7-4-13-31(39)36-26-43-37(25-40(36)49)33-15-6-8-19-41(33)50-43/h1-27H. The van der Waals surface area contributed by atoms with E-state index in [1.165, 1.54) is 62.2 Å². The van der Waals surface area contributed by atoms with E-state index in [1.54, 1.807) is 0 Å². The van der Waals surface area contributed by atoms with Gasteiger partial charge in [-0.3, -0.25) is 4.57 Å². The summed E-state index contributed by atoms with van der Waals surface area (Å²) >= 11 is 3.69. The highest BCUT2D eigenvalue weighted by Crippen LogP contribution is 2.43. The van der Waals surface area contributed by atoms with E-state index >= 15 is 0 Å². The Hall–Kier alpha value is -6.14. The molecule has 0 fully saturated rings. The van der Waals surface area contributed by atoms with Gasteiger partial charge in [-0.1, -0.05) is 127 Å². The Morgan fingerprint density at radius 2 is 1.04 bits per heavy atom. The number of rotatable bonds is 4. The van der Waals surface area contributed by atoms with Crippen molar-refractivity contribution in [2.75, 3.05) is 0 Å². The van der Waals surface area contributed by atoms with Gasteiger partial charge in [0.15, 0.2) is 5.82 Å². The van der Waals surface area contributed by atoms with Crippen LogP contribution < -0.4 is 0 Å². The second-order valence-electron chi connectivity index (χ2n) is 13.0. The average Bonchev–Trinajstić information content (AvgIpc) is 3.86. The predicted octanol–water partition coefficient (Wildman–Crippen LogP) is 13.3. The van der Waals surface area contributed by atoms with E-state index in [0.29, 0.717) is 5.82 Å². The molecule has 0 aliphatic rings. The first-order chi connectivity index (χ1) is 25.3. The van der Waals surface area contributed by atoms with Gasteiger partial charge in [-0.15, -0.1) is 22.7 Å². The molecule has 0 saturated carbocycles. The van der Waals surface area contributed by atoms with E-state index in [-0.39, 0.29) is 0 Å². The van der Waals surface area contributed by atoms with E-state index in [2.05, 4.69) is 168 Å². The van der Waals surface area contributed by atoms with Crippen molar-refractivity contribution in [3.8, 4) is 39.6 Å².